The van der Waals surface area contributed by atoms with Gasteiger partial charge in [-0.3, -0.25) is 9.59 Å². The monoisotopic (exact) mass is 414 g/mol. The molecule has 1 heterocycles. The Balaban J connectivity index is 1.43. The number of nitrogens with zero attached hydrogens (tertiary/aromatic N) is 1. The van der Waals surface area contributed by atoms with E-state index in [1.807, 2.05) is 36.6 Å². The second-order valence-corrected chi connectivity index (χ2v) is 7.52. The standard InChI is InChI=1S/C21H19ClN2O3S/c1-14-2-8-17(9-3-14)23-21-24-18(13-28-21)12-27-20(26)11-10-19(25)15-4-6-16(22)7-5-15/h2-9,13H,10-12H2,1H3,(H,23,24). The topological polar surface area (TPSA) is 68.3 Å². The fourth-order valence-corrected chi connectivity index (χ4v) is 3.25. The molecule has 0 unspecified atom stereocenters. The number of benzene rings is 2. The van der Waals surface area contributed by atoms with E-state index < -0.39 is 5.97 Å². The van der Waals surface area contributed by atoms with Crippen LogP contribution in [0.4, 0.5) is 10.8 Å². The van der Waals surface area contributed by atoms with Crippen LogP contribution in [0.15, 0.2) is 53.9 Å². The van der Waals surface area contributed by atoms with Crippen molar-refractivity contribution in [2.24, 2.45) is 0 Å². The summed E-state index contributed by atoms with van der Waals surface area (Å²) in [6, 6.07) is 14.6. The normalized spacial score (nSPS) is 10.5. The zero-order valence-electron chi connectivity index (χ0n) is 15.3. The van der Waals surface area contributed by atoms with Crippen LogP contribution in [-0.2, 0) is 16.1 Å². The highest BCUT2D eigenvalue weighted by atomic mass is 35.5. The molecular formula is C21H19ClN2O3S. The number of aromatic nitrogens is 1. The van der Waals surface area contributed by atoms with Crippen molar-refractivity contribution in [3.05, 3.63) is 75.8 Å². The van der Waals surface area contributed by atoms with Gasteiger partial charge in [-0.15, -0.1) is 11.3 Å². The Hall–Kier alpha value is -2.70. The molecule has 2 aromatic carbocycles. The first-order valence-corrected chi connectivity index (χ1v) is 9.98. The fourth-order valence-electron chi connectivity index (χ4n) is 2.41. The van der Waals surface area contributed by atoms with Crippen molar-refractivity contribution in [1.29, 1.82) is 0 Å². The first-order valence-electron chi connectivity index (χ1n) is 8.72. The van der Waals surface area contributed by atoms with Crippen molar-refractivity contribution in [1.82, 2.24) is 4.98 Å². The predicted molar refractivity (Wildman–Crippen MR) is 111 cm³/mol. The third-order valence-corrected chi connectivity index (χ3v) is 5.02. The van der Waals surface area contributed by atoms with E-state index in [1.54, 1.807) is 24.3 Å². The van der Waals surface area contributed by atoms with E-state index in [2.05, 4.69) is 10.3 Å². The number of nitrogens with one attached hydrogen (secondary N) is 1. The summed E-state index contributed by atoms with van der Waals surface area (Å²) >= 11 is 7.24. The molecule has 0 saturated carbocycles. The number of thiazole rings is 1. The van der Waals surface area contributed by atoms with Gasteiger partial charge >= 0.3 is 5.97 Å². The summed E-state index contributed by atoms with van der Waals surface area (Å²) in [6.45, 7) is 2.11. The number of hydrogen-bond acceptors (Lipinski definition) is 6. The summed E-state index contributed by atoms with van der Waals surface area (Å²) in [5, 5.41) is 6.34. The summed E-state index contributed by atoms with van der Waals surface area (Å²) in [5.41, 5.74) is 3.33. The van der Waals surface area contributed by atoms with E-state index in [1.165, 1.54) is 16.9 Å². The van der Waals surface area contributed by atoms with Gasteiger partial charge in [-0.1, -0.05) is 29.3 Å². The molecule has 0 saturated heterocycles. The molecule has 1 N–H and O–H groups in total. The summed E-state index contributed by atoms with van der Waals surface area (Å²) in [7, 11) is 0. The van der Waals surface area contributed by atoms with E-state index in [-0.39, 0.29) is 25.2 Å². The highest BCUT2D eigenvalue weighted by Gasteiger charge is 2.11. The van der Waals surface area contributed by atoms with E-state index in [0.29, 0.717) is 16.3 Å². The molecule has 0 fully saturated rings. The van der Waals surface area contributed by atoms with Crippen LogP contribution in [0.3, 0.4) is 0 Å². The van der Waals surface area contributed by atoms with Gasteiger partial charge in [0.25, 0.3) is 0 Å². The lowest BCUT2D eigenvalue weighted by atomic mass is 10.1. The molecule has 5 nitrogen and oxygen atoms in total. The van der Waals surface area contributed by atoms with Crippen LogP contribution in [0, 0.1) is 6.92 Å². The van der Waals surface area contributed by atoms with Gasteiger partial charge in [-0.05, 0) is 43.3 Å². The van der Waals surface area contributed by atoms with Crippen molar-refractivity contribution in [2.75, 3.05) is 5.32 Å². The van der Waals surface area contributed by atoms with Gasteiger partial charge in [0.05, 0.1) is 12.1 Å². The summed E-state index contributed by atoms with van der Waals surface area (Å²) in [4.78, 5) is 28.4. The zero-order chi connectivity index (χ0) is 19.9. The number of carbonyl (C=O) groups is 2. The summed E-state index contributed by atoms with van der Waals surface area (Å²) < 4.78 is 5.22. The second-order valence-electron chi connectivity index (χ2n) is 6.23. The minimum Gasteiger partial charge on any atom is -0.459 e. The second kappa shape index (κ2) is 9.48. The van der Waals surface area contributed by atoms with Crippen LogP contribution in [0.2, 0.25) is 5.02 Å². The maximum absolute atomic E-state index is 12.1. The van der Waals surface area contributed by atoms with Gasteiger partial charge in [0, 0.05) is 28.1 Å². The van der Waals surface area contributed by atoms with E-state index >= 15 is 0 Å². The summed E-state index contributed by atoms with van der Waals surface area (Å²) in [5.74, 6) is -0.546. The largest absolute Gasteiger partial charge is 0.459 e. The minimum atomic E-state index is -0.427. The fraction of sp³-hybridized carbons (Fsp3) is 0.190. The molecule has 0 aliphatic carbocycles. The van der Waals surface area contributed by atoms with E-state index in [9.17, 15) is 9.59 Å². The number of esters is 1. The van der Waals surface area contributed by atoms with Crippen molar-refractivity contribution in [2.45, 2.75) is 26.4 Å². The van der Waals surface area contributed by atoms with Gasteiger partial charge in [0.1, 0.15) is 6.61 Å². The third kappa shape index (κ3) is 5.90. The van der Waals surface area contributed by atoms with E-state index in [0.717, 1.165) is 10.8 Å². The lowest BCUT2D eigenvalue weighted by Crippen LogP contribution is -2.08. The number of rotatable bonds is 8. The van der Waals surface area contributed by atoms with Crippen LogP contribution >= 0.6 is 22.9 Å². The van der Waals surface area contributed by atoms with Crippen LogP contribution in [-0.4, -0.2) is 16.7 Å². The molecule has 7 heteroatoms. The molecule has 144 valence electrons. The maximum Gasteiger partial charge on any atom is 0.306 e. The van der Waals surface area contributed by atoms with Gasteiger partial charge in [0.15, 0.2) is 10.9 Å². The Morgan fingerprint density at radius 2 is 1.79 bits per heavy atom. The van der Waals surface area contributed by atoms with Crippen molar-refractivity contribution >= 4 is 45.5 Å². The summed E-state index contributed by atoms with van der Waals surface area (Å²) in [6.07, 6.45) is 0.123. The smallest absolute Gasteiger partial charge is 0.306 e. The molecule has 1 aromatic heterocycles. The number of carbonyl (C=O) groups excluding carboxylic acids is 2. The number of anilines is 2. The van der Waals surface area contributed by atoms with Crippen molar-refractivity contribution in [3.63, 3.8) is 0 Å². The van der Waals surface area contributed by atoms with Gasteiger partial charge in [0.2, 0.25) is 0 Å². The highest BCUT2D eigenvalue weighted by molar-refractivity contribution is 7.13. The van der Waals surface area contributed by atoms with Crippen molar-refractivity contribution < 1.29 is 14.3 Å². The Morgan fingerprint density at radius 1 is 1.07 bits per heavy atom. The lowest BCUT2D eigenvalue weighted by molar-refractivity contribution is -0.145. The molecule has 28 heavy (non-hydrogen) atoms. The number of aryl methyl sites for hydroxylation is 1. The first kappa shape index (κ1) is 20.0. The molecule has 0 spiro atoms. The molecule has 0 atom stereocenters. The van der Waals surface area contributed by atoms with E-state index in [4.69, 9.17) is 16.3 Å². The number of hydrogen-bond donors (Lipinski definition) is 1. The number of halogens is 1. The number of ether oxygens (including phenoxy) is 1. The lowest BCUT2D eigenvalue weighted by Gasteiger charge is -2.04. The average Bonchev–Trinajstić information content (AvgIpc) is 3.14. The Kier molecular flexibility index (Phi) is 6.79. The Morgan fingerprint density at radius 3 is 2.50 bits per heavy atom. The maximum atomic E-state index is 12.1. The van der Waals surface area contributed by atoms with Gasteiger partial charge in [-0.2, -0.15) is 0 Å². The molecule has 0 bridgehead atoms. The van der Waals surface area contributed by atoms with Crippen LogP contribution in [0.25, 0.3) is 0 Å². The molecule has 3 aromatic rings. The minimum absolute atomic E-state index is 0.0278. The van der Waals surface area contributed by atoms with Crippen molar-refractivity contribution in [3.8, 4) is 0 Å². The van der Waals surface area contributed by atoms with Crippen LogP contribution in [0.1, 0.15) is 34.5 Å². The molecule has 3 rings (SSSR count). The average molecular weight is 415 g/mol. The highest BCUT2D eigenvalue weighted by Crippen LogP contribution is 2.21. The van der Waals surface area contributed by atoms with Crippen LogP contribution in [0.5, 0.6) is 0 Å². The molecular weight excluding hydrogens is 396 g/mol. The number of ketones is 1. The molecule has 0 amide bonds. The van der Waals surface area contributed by atoms with Gasteiger partial charge in [-0.25, -0.2) is 4.98 Å². The quantitative estimate of drug-likeness (QED) is 0.386. The SMILES string of the molecule is Cc1ccc(Nc2nc(COC(=O)CCC(=O)c3ccc(Cl)cc3)cs2)cc1. The van der Waals surface area contributed by atoms with Gasteiger partial charge < -0.3 is 10.1 Å². The third-order valence-electron chi connectivity index (χ3n) is 3.96. The Bertz CT molecular complexity index is 953. The molecule has 0 aliphatic heterocycles. The Labute approximate surface area is 172 Å². The van der Waals surface area contributed by atoms with Crippen LogP contribution < -0.4 is 5.32 Å². The molecule has 0 radical (unpaired) electrons. The zero-order valence-corrected chi connectivity index (χ0v) is 16.8. The first-order chi connectivity index (χ1) is 13.5. The predicted octanol–water partition coefficient (Wildman–Crippen LogP) is 5.55. The number of Topliss-reactive ketones (excluding diaryl/α,β-unsaturated/α-hetero) is 1. The molecule has 0 aliphatic rings.